The Morgan fingerprint density at radius 3 is 2.54 bits per heavy atom. The standard InChI is InChI=1S/C28H32N4O4S/c1-20(33)21-7-5-9-24(17-21)29-28(34)23-8-6-14-31(19-23)27-13-10-22-18-25(11-12-26(22)30-27)37(35,36)32-15-3-2-4-16-32/h5,7,9-13,17-18,23H,2-4,6,8,14-16,19H2,1H3,(H,29,34)/t23-/m0/s1. The number of rotatable bonds is 6. The van der Waals surface area contributed by atoms with Gasteiger partial charge in [-0.1, -0.05) is 18.6 Å². The number of nitrogens with zero attached hydrogens (tertiary/aromatic N) is 3. The molecule has 0 unspecified atom stereocenters. The van der Waals surface area contributed by atoms with Gasteiger partial charge in [0.2, 0.25) is 15.9 Å². The van der Waals surface area contributed by atoms with Crippen molar-refractivity contribution < 1.29 is 18.0 Å². The molecule has 0 aliphatic carbocycles. The van der Waals surface area contributed by atoms with E-state index in [-0.39, 0.29) is 17.6 Å². The zero-order valence-electron chi connectivity index (χ0n) is 21.0. The summed E-state index contributed by atoms with van der Waals surface area (Å²) in [6.45, 7) is 3.99. The van der Waals surface area contributed by atoms with Gasteiger partial charge < -0.3 is 10.2 Å². The summed E-state index contributed by atoms with van der Waals surface area (Å²) in [4.78, 5) is 31.9. The first-order chi connectivity index (χ1) is 17.8. The normalized spacial score (nSPS) is 19.1. The van der Waals surface area contributed by atoms with Crippen LogP contribution < -0.4 is 10.2 Å². The van der Waals surface area contributed by atoms with Crippen molar-refractivity contribution in [1.82, 2.24) is 9.29 Å². The molecule has 0 radical (unpaired) electrons. The first-order valence-corrected chi connectivity index (χ1v) is 14.3. The van der Waals surface area contributed by atoms with Crippen molar-refractivity contribution in [2.75, 3.05) is 36.4 Å². The minimum absolute atomic E-state index is 0.0430. The van der Waals surface area contributed by atoms with Crippen molar-refractivity contribution >= 4 is 44.1 Å². The number of ketones is 1. The number of pyridine rings is 1. The fourth-order valence-electron chi connectivity index (χ4n) is 5.14. The molecule has 1 aromatic heterocycles. The van der Waals surface area contributed by atoms with E-state index in [2.05, 4.69) is 10.2 Å². The van der Waals surface area contributed by atoms with Gasteiger partial charge in [-0.3, -0.25) is 9.59 Å². The van der Waals surface area contributed by atoms with Gasteiger partial charge in [-0.2, -0.15) is 4.31 Å². The Kier molecular flexibility index (Phi) is 7.26. The number of anilines is 2. The summed E-state index contributed by atoms with van der Waals surface area (Å²) in [5, 5.41) is 3.73. The van der Waals surface area contributed by atoms with E-state index in [0.717, 1.165) is 55.4 Å². The van der Waals surface area contributed by atoms with Crippen molar-refractivity contribution in [3.63, 3.8) is 0 Å². The summed E-state index contributed by atoms with van der Waals surface area (Å²) in [6, 6.07) is 15.9. The number of carbonyl (C=O) groups excluding carboxylic acids is 2. The van der Waals surface area contributed by atoms with Crippen LogP contribution in [-0.2, 0) is 14.8 Å². The lowest BCUT2D eigenvalue weighted by Crippen LogP contribution is -2.41. The number of benzene rings is 2. The summed E-state index contributed by atoms with van der Waals surface area (Å²) >= 11 is 0. The lowest BCUT2D eigenvalue weighted by Gasteiger charge is -2.33. The highest BCUT2D eigenvalue weighted by molar-refractivity contribution is 7.89. The number of carbonyl (C=O) groups is 2. The first kappa shape index (κ1) is 25.4. The molecule has 8 nitrogen and oxygen atoms in total. The third kappa shape index (κ3) is 5.52. The van der Waals surface area contributed by atoms with Crippen LogP contribution in [0, 0.1) is 5.92 Å². The van der Waals surface area contributed by atoms with E-state index < -0.39 is 10.0 Å². The second kappa shape index (κ2) is 10.6. The Balaban J connectivity index is 1.30. The smallest absolute Gasteiger partial charge is 0.243 e. The third-order valence-electron chi connectivity index (χ3n) is 7.25. The minimum atomic E-state index is -3.50. The van der Waals surface area contributed by atoms with Gasteiger partial charge in [-0.05, 0) is 75.1 Å². The van der Waals surface area contributed by atoms with Crippen molar-refractivity contribution in [3.05, 3.63) is 60.2 Å². The molecular weight excluding hydrogens is 488 g/mol. The molecular formula is C28H32N4O4S. The SMILES string of the molecule is CC(=O)c1cccc(NC(=O)[C@H]2CCCN(c3ccc4cc(S(=O)(=O)N5CCCCC5)ccc4n3)C2)c1. The quantitative estimate of drug-likeness (QED) is 0.482. The summed E-state index contributed by atoms with van der Waals surface area (Å²) < 4.78 is 27.7. The molecule has 2 aromatic carbocycles. The van der Waals surface area contributed by atoms with Crippen LogP contribution in [0.15, 0.2) is 59.5 Å². The molecule has 3 heterocycles. The van der Waals surface area contributed by atoms with Gasteiger partial charge in [-0.15, -0.1) is 0 Å². The van der Waals surface area contributed by atoms with Crippen molar-refractivity contribution in [3.8, 4) is 0 Å². The monoisotopic (exact) mass is 520 g/mol. The van der Waals surface area contributed by atoms with Crippen LogP contribution in [0.4, 0.5) is 11.5 Å². The van der Waals surface area contributed by atoms with Crippen LogP contribution in [-0.4, -0.2) is 55.6 Å². The molecule has 1 atom stereocenters. The second-order valence-corrected chi connectivity index (χ2v) is 11.8. The molecule has 0 spiro atoms. The average molecular weight is 521 g/mol. The van der Waals surface area contributed by atoms with Crippen LogP contribution in [0.3, 0.4) is 0 Å². The molecule has 1 N–H and O–H groups in total. The lowest BCUT2D eigenvalue weighted by atomic mass is 9.97. The molecule has 2 aliphatic rings. The maximum absolute atomic E-state index is 13.1. The van der Waals surface area contributed by atoms with Crippen molar-refractivity contribution in [2.24, 2.45) is 5.92 Å². The van der Waals surface area contributed by atoms with E-state index in [4.69, 9.17) is 4.98 Å². The highest BCUT2D eigenvalue weighted by Crippen LogP contribution is 2.28. The summed E-state index contributed by atoms with van der Waals surface area (Å²) in [5.41, 5.74) is 1.91. The predicted molar refractivity (Wildman–Crippen MR) is 144 cm³/mol. The van der Waals surface area contributed by atoms with Crippen molar-refractivity contribution in [2.45, 2.75) is 43.9 Å². The molecule has 9 heteroatoms. The summed E-state index contributed by atoms with van der Waals surface area (Å²) in [7, 11) is -3.50. The number of hydrogen-bond donors (Lipinski definition) is 1. The highest BCUT2D eigenvalue weighted by atomic mass is 32.2. The Labute approximate surface area is 217 Å². The second-order valence-electron chi connectivity index (χ2n) is 9.90. The van der Waals surface area contributed by atoms with Crippen molar-refractivity contribution in [1.29, 1.82) is 0 Å². The number of fused-ring (bicyclic) bond motifs is 1. The van der Waals surface area contributed by atoms with Gasteiger partial charge in [0, 0.05) is 42.8 Å². The maximum Gasteiger partial charge on any atom is 0.243 e. The zero-order chi connectivity index (χ0) is 26.0. The minimum Gasteiger partial charge on any atom is -0.356 e. The molecule has 1 amide bonds. The fraction of sp³-hybridized carbons (Fsp3) is 0.393. The predicted octanol–water partition coefficient (Wildman–Crippen LogP) is 4.47. The largest absolute Gasteiger partial charge is 0.356 e. The van der Waals surface area contributed by atoms with Crippen LogP contribution in [0.2, 0.25) is 0 Å². The Morgan fingerprint density at radius 1 is 0.946 bits per heavy atom. The Bertz CT molecular complexity index is 1430. The number of Topliss-reactive ketones (excluding diaryl/α,β-unsaturated/α-hetero) is 1. The number of aromatic nitrogens is 1. The van der Waals surface area contributed by atoms with Crippen LogP contribution in [0.5, 0.6) is 0 Å². The van der Waals surface area contributed by atoms with Gasteiger partial charge in [0.1, 0.15) is 5.82 Å². The maximum atomic E-state index is 13.1. The molecule has 0 bridgehead atoms. The molecule has 37 heavy (non-hydrogen) atoms. The van der Waals surface area contributed by atoms with E-state index >= 15 is 0 Å². The summed E-state index contributed by atoms with van der Waals surface area (Å²) in [6.07, 6.45) is 4.51. The van der Waals surface area contributed by atoms with Gasteiger partial charge in [-0.25, -0.2) is 13.4 Å². The molecule has 194 valence electrons. The van der Waals surface area contributed by atoms with E-state index in [0.29, 0.717) is 35.8 Å². The molecule has 3 aromatic rings. The Morgan fingerprint density at radius 2 is 1.76 bits per heavy atom. The molecule has 2 aliphatic heterocycles. The molecule has 2 fully saturated rings. The topological polar surface area (TPSA) is 99.7 Å². The van der Waals surface area contributed by atoms with E-state index in [1.807, 2.05) is 12.1 Å². The fourth-order valence-corrected chi connectivity index (χ4v) is 6.70. The average Bonchev–Trinajstić information content (AvgIpc) is 2.93. The van der Waals surface area contributed by atoms with E-state index in [1.165, 1.54) is 6.92 Å². The highest BCUT2D eigenvalue weighted by Gasteiger charge is 2.28. The van der Waals surface area contributed by atoms with E-state index in [9.17, 15) is 18.0 Å². The number of sulfonamides is 1. The number of hydrogen-bond acceptors (Lipinski definition) is 6. The van der Waals surface area contributed by atoms with Crippen LogP contribution in [0.25, 0.3) is 10.9 Å². The molecule has 2 saturated heterocycles. The lowest BCUT2D eigenvalue weighted by molar-refractivity contribution is -0.120. The zero-order valence-corrected chi connectivity index (χ0v) is 21.8. The van der Waals surface area contributed by atoms with E-state index in [1.54, 1.807) is 46.8 Å². The molecule has 5 rings (SSSR count). The van der Waals surface area contributed by atoms with Gasteiger partial charge in [0.05, 0.1) is 16.3 Å². The van der Waals surface area contributed by atoms with Crippen LogP contribution in [0.1, 0.15) is 49.4 Å². The van der Waals surface area contributed by atoms with Gasteiger partial charge in [0.25, 0.3) is 0 Å². The summed E-state index contributed by atoms with van der Waals surface area (Å²) in [5.74, 6) is 0.455. The van der Waals surface area contributed by atoms with Gasteiger partial charge in [0.15, 0.2) is 5.78 Å². The van der Waals surface area contributed by atoms with Crippen LogP contribution >= 0.6 is 0 Å². The number of piperidine rings is 2. The number of amides is 1. The third-order valence-corrected chi connectivity index (χ3v) is 9.15. The Hall–Kier alpha value is -3.30. The molecule has 0 saturated carbocycles. The van der Waals surface area contributed by atoms with Gasteiger partial charge >= 0.3 is 0 Å². The first-order valence-electron chi connectivity index (χ1n) is 12.9. The number of nitrogens with one attached hydrogen (secondary N) is 1.